The van der Waals surface area contributed by atoms with Crippen molar-refractivity contribution in [2.45, 2.75) is 83.2 Å². The van der Waals surface area contributed by atoms with Gasteiger partial charge in [-0.15, -0.1) is 11.3 Å². The first-order valence-corrected chi connectivity index (χ1v) is 16.5. The van der Waals surface area contributed by atoms with Gasteiger partial charge in [-0.3, -0.25) is 9.69 Å². The van der Waals surface area contributed by atoms with Crippen molar-refractivity contribution >= 4 is 50.1 Å². The van der Waals surface area contributed by atoms with Gasteiger partial charge < -0.3 is 20.5 Å². The molecule has 9 nitrogen and oxygen atoms in total. The van der Waals surface area contributed by atoms with Crippen molar-refractivity contribution < 1.29 is 18.0 Å². The molecular weight excluding hydrogens is 613 g/mol. The number of carbonyl (C=O) groups excluding carboxylic acids is 1. The Morgan fingerprint density at radius 3 is 2.54 bits per heavy atom. The van der Waals surface area contributed by atoms with E-state index in [-0.39, 0.29) is 27.8 Å². The van der Waals surface area contributed by atoms with Crippen LogP contribution in [0.1, 0.15) is 60.7 Å². The van der Waals surface area contributed by atoms with Crippen LogP contribution in [0.4, 0.5) is 24.9 Å². The lowest BCUT2D eigenvalue weighted by molar-refractivity contribution is -0.170. The molecule has 4 heterocycles. The molecule has 1 saturated heterocycles. The molecule has 13 heteroatoms. The lowest BCUT2D eigenvalue weighted by Gasteiger charge is -2.70. The maximum atomic E-state index is 13.1. The first-order chi connectivity index (χ1) is 21.9. The first kappa shape index (κ1) is 30.7. The van der Waals surface area contributed by atoms with Gasteiger partial charge in [-0.05, 0) is 73.8 Å². The number of amides is 1. The molecule has 4 aliphatic rings. The summed E-state index contributed by atoms with van der Waals surface area (Å²) >= 11 is 1.06. The van der Waals surface area contributed by atoms with E-state index in [0.717, 1.165) is 80.5 Å². The third-order valence-electron chi connectivity index (χ3n) is 10.0. The average molecular weight is 651 g/mol. The van der Waals surface area contributed by atoms with Crippen LogP contribution < -0.4 is 16.0 Å². The zero-order valence-electron chi connectivity index (χ0n) is 26.1. The van der Waals surface area contributed by atoms with Crippen LogP contribution in [0.5, 0.6) is 0 Å². The van der Waals surface area contributed by atoms with E-state index in [0.29, 0.717) is 27.7 Å². The summed E-state index contributed by atoms with van der Waals surface area (Å²) < 4.78 is 41.3. The smallest absolute Gasteiger partial charge is 0.367 e. The summed E-state index contributed by atoms with van der Waals surface area (Å²) in [4.78, 5) is 23.7. The Balaban J connectivity index is 1.01. The number of benzene rings is 1. The molecule has 3 aliphatic carbocycles. The molecule has 1 aromatic carbocycles. The Labute approximate surface area is 269 Å². The topological polar surface area (TPSA) is 111 Å². The van der Waals surface area contributed by atoms with E-state index >= 15 is 0 Å². The molecule has 2 bridgehead atoms. The Bertz CT molecular complexity index is 1860. The van der Waals surface area contributed by atoms with Crippen LogP contribution in [0.15, 0.2) is 24.3 Å². The van der Waals surface area contributed by atoms with Gasteiger partial charge in [-0.25, -0.2) is 4.98 Å². The van der Waals surface area contributed by atoms with Crippen molar-refractivity contribution in [2.75, 3.05) is 30.8 Å². The second-order valence-corrected chi connectivity index (χ2v) is 14.7. The molecular formula is C33H37F3N8OS. The number of likely N-dealkylation sites (tertiary alicyclic amines) is 1. The zero-order chi connectivity index (χ0) is 32.4. The van der Waals surface area contributed by atoms with E-state index in [1.54, 1.807) is 20.0 Å². The van der Waals surface area contributed by atoms with Crippen molar-refractivity contribution in [3.63, 3.8) is 0 Å². The van der Waals surface area contributed by atoms with E-state index in [1.165, 1.54) is 11.1 Å². The maximum absolute atomic E-state index is 13.1. The molecule has 1 amide bonds. The number of rotatable bonds is 9. The first-order valence-electron chi connectivity index (χ1n) is 15.7. The number of alkyl halides is 3. The van der Waals surface area contributed by atoms with Crippen LogP contribution in [0.25, 0.3) is 21.1 Å². The molecule has 0 atom stereocenters. The number of thiophene rings is 1. The van der Waals surface area contributed by atoms with Crippen molar-refractivity contribution in [1.82, 2.24) is 24.8 Å². The standard InChI is InChI=1S/C33H37F3N8OS/c1-19-21(4-5-27-25(19)10-23(13-37)44(27)18-31-15-32(16-31,17-31)42-20(2)45)14-43-8-6-22(7-9-43)39-28-26-11-24(12-33(34,35)36)46-29(26)41-30(38-3)40-28/h4-5,10-11,22H,6-9,12,14-18H2,1-3H3,(H,42,45)(H2,38,39,40,41). The number of carbonyl (C=O) groups is 1. The minimum atomic E-state index is -4.28. The maximum Gasteiger partial charge on any atom is 0.393 e. The summed E-state index contributed by atoms with van der Waals surface area (Å²) in [5.74, 6) is 0.974. The second kappa shape index (κ2) is 11.1. The molecule has 46 heavy (non-hydrogen) atoms. The molecule has 3 saturated carbocycles. The van der Waals surface area contributed by atoms with E-state index in [9.17, 15) is 23.2 Å². The summed E-state index contributed by atoms with van der Waals surface area (Å²) in [6.07, 6.45) is -0.599. The molecule has 3 aromatic heterocycles. The highest BCUT2D eigenvalue weighted by Crippen LogP contribution is 2.68. The fourth-order valence-corrected chi connectivity index (χ4v) is 9.17. The third-order valence-corrected chi connectivity index (χ3v) is 11.0. The van der Waals surface area contributed by atoms with E-state index in [1.807, 2.05) is 6.07 Å². The van der Waals surface area contributed by atoms with Gasteiger partial charge >= 0.3 is 6.18 Å². The molecule has 4 fully saturated rings. The van der Waals surface area contributed by atoms with Crippen LogP contribution >= 0.6 is 11.3 Å². The van der Waals surface area contributed by atoms with E-state index in [2.05, 4.69) is 60.5 Å². The Kier molecular flexibility index (Phi) is 7.44. The van der Waals surface area contributed by atoms with Crippen molar-refractivity contribution in [1.29, 1.82) is 5.26 Å². The van der Waals surface area contributed by atoms with Gasteiger partial charge in [0, 0.05) is 67.5 Å². The summed E-state index contributed by atoms with van der Waals surface area (Å²) in [6.45, 7) is 7.05. The Morgan fingerprint density at radius 1 is 1.15 bits per heavy atom. The van der Waals surface area contributed by atoms with Gasteiger partial charge in [-0.2, -0.15) is 23.4 Å². The van der Waals surface area contributed by atoms with E-state index < -0.39 is 12.6 Å². The van der Waals surface area contributed by atoms with Gasteiger partial charge in [-0.1, -0.05) is 6.07 Å². The molecule has 3 N–H and O–H groups in total. The lowest BCUT2D eigenvalue weighted by atomic mass is 9.39. The zero-order valence-corrected chi connectivity index (χ0v) is 27.0. The van der Waals surface area contributed by atoms with Gasteiger partial charge in [0.2, 0.25) is 11.9 Å². The number of hydrogen-bond acceptors (Lipinski definition) is 8. The monoisotopic (exact) mass is 650 g/mol. The molecule has 0 unspecified atom stereocenters. The normalized spacial score (nSPS) is 23.2. The van der Waals surface area contributed by atoms with Gasteiger partial charge in [0.25, 0.3) is 0 Å². The number of halogens is 3. The number of nitriles is 1. The van der Waals surface area contributed by atoms with Crippen LogP contribution in [-0.2, 0) is 24.3 Å². The Hall–Kier alpha value is -3.89. The predicted octanol–water partition coefficient (Wildman–Crippen LogP) is 6.11. The number of aryl methyl sites for hydroxylation is 1. The lowest BCUT2D eigenvalue weighted by Crippen LogP contribution is -2.75. The second-order valence-electron chi connectivity index (χ2n) is 13.6. The number of hydrogen-bond donors (Lipinski definition) is 3. The quantitative estimate of drug-likeness (QED) is 0.201. The van der Waals surface area contributed by atoms with Gasteiger partial charge in [0.05, 0.1) is 11.8 Å². The fourth-order valence-electron chi connectivity index (χ4n) is 8.11. The third kappa shape index (κ3) is 5.66. The van der Waals surface area contributed by atoms with Crippen LogP contribution in [0.2, 0.25) is 0 Å². The number of piperidine rings is 1. The highest BCUT2D eigenvalue weighted by atomic mass is 32.1. The van der Waals surface area contributed by atoms with Crippen molar-refractivity contribution in [3.05, 3.63) is 46.0 Å². The molecule has 1 aliphatic heterocycles. The molecule has 0 spiro atoms. The summed E-state index contributed by atoms with van der Waals surface area (Å²) in [5.41, 5.74) is 4.32. The van der Waals surface area contributed by atoms with Crippen LogP contribution in [-0.4, -0.2) is 63.2 Å². The average Bonchev–Trinajstić information content (AvgIpc) is 3.53. The number of nitrogens with one attached hydrogen (secondary N) is 3. The highest BCUT2D eigenvalue weighted by Gasteiger charge is 2.68. The Morgan fingerprint density at radius 2 is 1.89 bits per heavy atom. The van der Waals surface area contributed by atoms with Gasteiger partial charge in [0.15, 0.2) is 0 Å². The van der Waals surface area contributed by atoms with Crippen molar-refractivity contribution in [3.8, 4) is 6.07 Å². The molecule has 0 radical (unpaired) electrons. The van der Waals surface area contributed by atoms with E-state index in [4.69, 9.17) is 0 Å². The van der Waals surface area contributed by atoms with Crippen molar-refractivity contribution in [2.24, 2.45) is 5.41 Å². The van der Waals surface area contributed by atoms with Gasteiger partial charge in [0.1, 0.15) is 22.4 Å². The highest BCUT2D eigenvalue weighted by molar-refractivity contribution is 7.18. The largest absolute Gasteiger partial charge is 0.393 e. The van der Waals surface area contributed by atoms with Crippen LogP contribution in [0, 0.1) is 23.7 Å². The SMILES string of the molecule is CNc1nc(NC2CCN(Cc3ccc4c(cc(C#N)n4CC45CC(NC(C)=O)(C4)C5)c3C)CC2)c2cc(CC(F)(F)F)sc2n1. The fraction of sp³-hybridized carbons (Fsp3) is 0.515. The minimum Gasteiger partial charge on any atom is -0.367 e. The summed E-state index contributed by atoms with van der Waals surface area (Å²) in [5, 5.41) is 21.3. The predicted molar refractivity (Wildman–Crippen MR) is 173 cm³/mol. The summed E-state index contributed by atoms with van der Waals surface area (Å²) in [7, 11) is 1.70. The number of aromatic nitrogens is 3. The minimum absolute atomic E-state index is 0.0242. The number of anilines is 2. The molecule has 4 aromatic rings. The molecule has 242 valence electrons. The summed E-state index contributed by atoms with van der Waals surface area (Å²) in [6, 6.07) is 10.5. The number of nitrogens with zero attached hydrogens (tertiary/aromatic N) is 5. The molecule has 8 rings (SSSR count). The van der Waals surface area contributed by atoms with Crippen LogP contribution in [0.3, 0.4) is 0 Å². The number of fused-ring (bicyclic) bond motifs is 2.